The molecule has 150 valence electrons. The number of carbonyl (C=O) groups is 1. The molecule has 6 heteroatoms. The van der Waals surface area contributed by atoms with Crippen molar-refractivity contribution >= 4 is 16.7 Å². The van der Waals surface area contributed by atoms with Gasteiger partial charge in [0.05, 0.1) is 10.4 Å². The molecule has 0 saturated carbocycles. The molecule has 0 bridgehead atoms. The van der Waals surface area contributed by atoms with Crippen molar-refractivity contribution in [3.63, 3.8) is 0 Å². The molecule has 0 aliphatic heterocycles. The van der Waals surface area contributed by atoms with E-state index in [0.717, 1.165) is 25.3 Å². The Morgan fingerprint density at radius 2 is 1.52 bits per heavy atom. The van der Waals surface area contributed by atoms with Crippen LogP contribution in [0.2, 0.25) is 0 Å². The molecule has 1 atom stereocenters. The lowest BCUT2D eigenvalue weighted by atomic mass is 9.97. The van der Waals surface area contributed by atoms with Crippen LogP contribution in [-0.2, 0) is 9.53 Å². The lowest BCUT2D eigenvalue weighted by Crippen LogP contribution is -2.32. The minimum absolute atomic E-state index is 0.0408. The molecule has 0 spiro atoms. The summed E-state index contributed by atoms with van der Waals surface area (Å²) >= 11 is 0. The minimum Gasteiger partial charge on any atom is -0.458 e. The van der Waals surface area contributed by atoms with Crippen LogP contribution >= 0.6 is 0 Å². The van der Waals surface area contributed by atoms with Crippen molar-refractivity contribution in [1.29, 1.82) is 0 Å². The Morgan fingerprint density at radius 1 is 0.897 bits per heavy atom. The first-order valence-corrected chi connectivity index (χ1v) is 9.77. The Balaban J connectivity index is 2.29. The highest BCUT2D eigenvalue weighted by Crippen LogP contribution is 2.21. The van der Waals surface area contributed by atoms with Crippen LogP contribution in [0.5, 0.6) is 0 Å². The Labute approximate surface area is 166 Å². The van der Waals surface area contributed by atoms with Gasteiger partial charge in [-0.3, -0.25) is 24.0 Å². The summed E-state index contributed by atoms with van der Waals surface area (Å²) < 4.78 is 5.30. The maximum Gasteiger partial charge on any atom is 0.303 e. The van der Waals surface area contributed by atoms with Crippen LogP contribution in [0.1, 0.15) is 57.6 Å². The summed E-state index contributed by atoms with van der Waals surface area (Å²) in [7, 11) is 0. The highest BCUT2D eigenvalue weighted by Gasteiger charge is 2.22. The van der Waals surface area contributed by atoms with Gasteiger partial charge in [0.25, 0.3) is 0 Å². The van der Waals surface area contributed by atoms with Crippen LogP contribution < -0.4 is 21.7 Å². The zero-order chi connectivity index (χ0) is 21.1. The molecule has 0 amide bonds. The fraction of sp³-hybridized carbons (Fsp3) is 0.348. The van der Waals surface area contributed by atoms with Crippen LogP contribution in [0.3, 0.4) is 0 Å². The van der Waals surface area contributed by atoms with Gasteiger partial charge in [0.15, 0.2) is 21.7 Å². The molecule has 0 radical (unpaired) electrons. The van der Waals surface area contributed by atoms with E-state index in [9.17, 15) is 24.0 Å². The third-order valence-electron chi connectivity index (χ3n) is 5.12. The van der Waals surface area contributed by atoms with E-state index >= 15 is 0 Å². The Kier molecular flexibility index (Phi) is 6.01. The molecule has 3 rings (SSSR count). The van der Waals surface area contributed by atoms with E-state index in [0.29, 0.717) is 12.8 Å². The quantitative estimate of drug-likeness (QED) is 0.451. The second-order valence-electron chi connectivity index (χ2n) is 7.19. The summed E-state index contributed by atoms with van der Waals surface area (Å²) in [6, 6.07) is 7.17. The zero-order valence-electron chi connectivity index (χ0n) is 16.4. The smallest absolute Gasteiger partial charge is 0.303 e. The second-order valence-corrected chi connectivity index (χ2v) is 7.19. The number of benzene rings is 1. The third kappa shape index (κ3) is 3.88. The van der Waals surface area contributed by atoms with Gasteiger partial charge in [-0.15, -0.1) is 0 Å². The zero-order valence-corrected chi connectivity index (χ0v) is 16.4. The maximum atomic E-state index is 13.1. The highest BCUT2D eigenvalue weighted by molar-refractivity contribution is 5.82. The Morgan fingerprint density at radius 3 is 2.10 bits per heavy atom. The number of rotatable bonds is 7. The molecule has 1 aromatic carbocycles. The van der Waals surface area contributed by atoms with Crippen LogP contribution in [-0.4, -0.2) is 5.97 Å². The minimum atomic E-state index is -0.921. The normalized spacial score (nSPS) is 12.3. The van der Waals surface area contributed by atoms with E-state index in [1.54, 1.807) is 12.1 Å². The molecule has 0 aromatic heterocycles. The van der Waals surface area contributed by atoms with Gasteiger partial charge in [-0.25, -0.2) is 0 Å². The maximum absolute atomic E-state index is 13.1. The van der Waals surface area contributed by atoms with Crippen molar-refractivity contribution in [2.45, 2.75) is 52.1 Å². The number of esters is 1. The number of hydrogen-bond donors (Lipinski definition) is 0. The summed E-state index contributed by atoms with van der Waals surface area (Å²) in [6.45, 7) is 3.29. The molecule has 0 N–H and O–H groups in total. The van der Waals surface area contributed by atoms with E-state index in [1.165, 1.54) is 19.1 Å². The summed E-state index contributed by atoms with van der Waals surface area (Å²) in [5, 5.41) is -0.590. The molecule has 0 heterocycles. The molecule has 1 aromatic rings. The van der Waals surface area contributed by atoms with Crippen molar-refractivity contribution in [2.24, 2.45) is 0 Å². The van der Waals surface area contributed by atoms with Crippen molar-refractivity contribution in [3.05, 3.63) is 87.2 Å². The number of hydrogen-bond acceptors (Lipinski definition) is 6. The average molecular weight is 394 g/mol. The van der Waals surface area contributed by atoms with Gasteiger partial charge >= 0.3 is 5.97 Å². The highest BCUT2D eigenvalue weighted by atomic mass is 16.5. The number of unbranched alkanes of at least 4 members (excludes halogenated alkanes) is 3. The molecule has 29 heavy (non-hydrogen) atoms. The van der Waals surface area contributed by atoms with Crippen LogP contribution in [0.4, 0.5) is 0 Å². The van der Waals surface area contributed by atoms with Crippen molar-refractivity contribution in [1.82, 2.24) is 0 Å². The van der Waals surface area contributed by atoms with Crippen LogP contribution in [0.25, 0.3) is 10.8 Å². The molecule has 2 aliphatic rings. The molecule has 1 unspecified atom stereocenters. The SMILES string of the molecule is CCCCCCC(OC(C)=O)c1cc(=O)c2c(=O)c3ccccc3c(=O)c=2c1=O. The van der Waals surface area contributed by atoms with Gasteiger partial charge in [0, 0.05) is 23.3 Å². The summed E-state index contributed by atoms with van der Waals surface area (Å²) in [5.74, 6) is -0.581. The lowest BCUT2D eigenvalue weighted by molar-refractivity contribution is -0.147. The fourth-order valence-corrected chi connectivity index (χ4v) is 3.72. The van der Waals surface area contributed by atoms with E-state index in [-0.39, 0.29) is 16.3 Å². The van der Waals surface area contributed by atoms with Crippen LogP contribution in [0.15, 0.2) is 49.5 Å². The fourth-order valence-electron chi connectivity index (χ4n) is 3.72. The molecular weight excluding hydrogens is 372 g/mol. The average Bonchev–Trinajstić information content (AvgIpc) is 2.69. The van der Waals surface area contributed by atoms with Gasteiger partial charge in [-0.05, 0) is 18.9 Å². The van der Waals surface area contributed by atoms with E-state index in [4.69, 9.17) is 4.74 Å². The first-order chi connectivity index (χ1) is 13.9. The van der Waals surface area contributed by atoms with E-state index in [1.807, 2.05) is 0 Å². The summed E-state index contributed by atoms with van der Waals surface area (Å²) in [6.07, 6.45) is 3.05. The Bertz CT molecular complexity index is 1330. The van der Waals surface area contributed by atoms with Crippen molar-refractivity contribution in [2.75, 3.05) is 0 Å². The van der Waals surface area contributed by atoms with Gasteiger partial charge in [-0.1, -0.05) is 50.5 Å². The standard InChI is InChI=1S/C23H22O6/c1-3-4-5-6-11-18(29-13(2)24)16-12-17(25)19-20(23(16)28)22(27)15-10-8-7-9-14(15)21(19)26/h7-10,12,18H,3-6,11H2,1-2H3. The molecule has 6 nitrogen and oxygen atoms in total. The molecule has 0 fully saturated rings. The summed E-state index contributed by atoms with van der Waals surface area (Å²) in [5.41, 5.74) is -2.73. The number of ether oxygens (including phenoxy) is 1. The summed E-state index contributed by atoms with van der Waals surface area (Å²) in [4.78, 5) is 63.1. The molecule has 2 aliphatic carbocycles. The third-order valence-corrected chi connectivity index (χ3v) is 5.12. The van der Waals surface area contributed by atoms with Gasteiger partial charge in [0.2, 0.25) is 0 Å². The van der Waals surface area contributed by atoms with Crippen LogP contribution in [0, 0.1) is 10.4 Å². The number of carbonyl (C=O) groups excluding carboxylic acids is 1. The first kappa shape index (κ1) is 20.6. The predicted octanol–water partition coefficient (Wildman–Crippen LogP) is 2.46. The lowest BCUT2D eigenvalue weighted by Gasteiger charge is -2.16. The van der Waals surface area contributed by atoms with Gasteiger partial charge in [0.1, 0.15) is 6.10 Å². The monoisotopic (exact) mass is 394 g/mol. The molecule has 0 saturated heterocycles. The van der Waals surface area contributed by atoms with E-state index in [2.05, 4.69) is 6.92 Å². The number of fused-ring (bicyclic) bond motifs is 1. The first-order valence-electron chi connectivity index (χ1n) is 9.77. The van der Waals surface area contributed by atoms with E-state index < -0.39 is 44.2 Å². The van der Waals surface area contributed by atoms with Crippen molar-refractivity contribution < 1.29 is 9.53 Å². The predicted molar refractivity (Wildman–Crippen MR) is 110 cm³/mol. The largest absolute Gasteiger partial charge is 0.458 e. The van der Waals surface area contributed by atoms with Gasteiger partial charge < -0.3 is 4.74 Å². The topological polar surface area (TPSA) is 94.6 Å². The van der Waals surface area contributed by atoms with Crippen molar-refractivity contribution in [3.8, 4) is 0 Å². The molecular formula is C23H22O6. The Hall–Kier alpha value is -3.15. The second kappa shape index (κ2) is 8.47. The van der Waals surface area contributed by atoms with Gasteiger partial charge in [-0.2, -0.15) is 0 Å².